The highest BCUT2D eigenvalue weighted by molar-refractivity contribution is 6.02. The minimum absolute atomic E-state index is 0.0706. The van der Waals surface area contributed by atoms with Crippen molar-refractivity contribution >= 4 is 23.7 Å². The molecule has 0 aromatic heterocycles. The summed E-state index contributed by atoms with van der Waals surface area (Å²) in [5, 5.41) is 2.66. The van der Waals surface area contributed by atoms with Crippen molar-refractivity contribution in [2.75, 3.05) is 41.4 Å². The van der Waals surface area contributed by atoms with E-state index in [1.165, 1.54) is 26.0 Å². The monoisotopic (exact) mass is 762 g/mol. The van der Waals surface area contributed by atoms with Gasteiger partial charge < -0.3 is 19.1 Å². The van der Waals surface area contributed by atoms with Crippen molar-refractivity contribution in [3.8, 4) is 5.75 Å². The van der Waals surface area contributed by atoms with Gasteiger partial charge in [-0.25, -0.2) is 13.2 Å². The number of carbonyl (C=O) groups excluding carboxylic acids is 4. The third-order valence-electron chi connectivity index (χ3n) is 11.3. The lowest BCUT2D eigenvalue weighted by Crippen LogP contribution is -2.61. The largest absolute Gasteiger partial charge is 0.420 e. The zero-order chi connectivity index (χ0) is 40.1. The molecule has 1 aromatic carbocycles. The third kappa shape index (κ3) is 9.19. The number of esters is 1. The van der Waals surface area contributed by atoms with Crippen LogP contribution in [0.5, 0.6) is 5.75 Å². The van der Waals surface area contributed by atoms with Gasteiger partial charge in [0.25, 0.3) is 0 Å². The van der Waals surface area contributed by atoms with Crippen molar-refractivity contribution in [2.45, 2.75) is 116 Å². The number of likely N-dealkylation sites (tertiary alicyclic amines) is 2. The van der Waals surface area contributed by atoms with Crippen LogP contribution in [0.2, 0.25) is 0 Å². The van der Waals surface area contributed by atoms with E-state index < -0.39 is 88.5 Å². The number of rotatable bonds is 16. The van der Waals surface area contributed by atoms with Crippen molar-refractivity contribution in [3.63, 3.8) is 0 Å². The maximum absolute atomic E-state index is 14.3. The molecule has 2 aliphatic rings. The van der Waals surface area contributed by atoms with E-state index in [1.807, 2.05) is 51.5 Å². The van der Waals surface area contributed by atoms with Gasteiger partial charge in [-0.2, -0.15) is 8.78 Å². The molecule has 2 fully saturated rings. The molecule has 8 atom stereocenters. The molecule has 0 bridgehead atoms. The van der Waals surface area contributed by atoms with Crippen molar-refractivity contribution in [1.29, 1.82) is 0 Å². The van der Waals surface area contributed by atoms with Gasteiger partial charge in [0, 0.05) is 26.8 Å². The predicted molar refractivity (Wildman–Crippen MR) is 185 cm³/mol. The second kappa shape index (κ2) is 18.4. The number of nitrogens with one attached hydrogen (secondary N) is 1. The van der Waals surface area contributed by atoms with E-state index in [0.29, 0.717) is 25.7 Å². The highest BCUT2D eigenvalue weighted by Gasteiger charge is 2.46. The molecule has 1 N–H and O–H groups in total. The molecule has 2 heterocycles. The van der Waals surface area contributed by atoms with Crippen molar-refractivity contribution in [1.82, 2.24) is 20.0 Å². The van der Waals surface area contributed by atoms with Crippen LogP contribution >= 0.6 is 0 Å². The number of likely N-dealkylation sites (N-methyl/N-ethyl adjacent to an activating group) is 2. The third-order valence-corrected chi connectivity index (χ3v) is 11.3. The van der Waals surface area contributed by atoms with Gasteiger partial charge in [-0.05, 0) is 72.0 Å². The molecule has 3 rings (SSSR count). The van der Waals surface area contributed by atoms with Gasteiger partial charge in [-0.3, -0.25) is 34.3 Å². The minimum atomic E-state index is -2.39. The number of imide groups is 1. The van der Waals surface area contributed by atoms with Gasteiger partial charge in [0.2, 0.25) is 52.6 Å². The molecule has 0 aliphatic carbocycles. The van der Waals surface area contributed by atoms with Crippen LogP contribution in [0.15, 0.2) is 0 Å². The zero-order valence-electron chi connectivity index (χ0n) is 32.4. The summed E-state index contributed by atoms with van der Waals surface area (Å²) in [7, 11) is 6.38. The van der Waals surface area contributed by atoms with Crippen molar-refractivity contribution < 1.29 is 55.3 Å². The lowest BCUT2D eigenvalue weighted by Gasteiger charge is -2.43. The van der Waals surface area contributed by atoms with Crippen molar-refractivity contribution in [3.05, 3.63) is 29.1 Å². The Morgan fingerprint density at radius 3 is 2.00 bits per heavy atom. The first kappa shape index (κ1) is 44.2. The average molecular weight is 763 g/mol. The Bertz CT molecular complexity index is 1470. The van der Waals surface area contributed by atoms with E-state index in [4.69, 9.17) is 14.2 Å². The van der Waals surface area contributed by atoms with Gasteiger partial charge in [0.05, 0.1) is 42.2 Å². The molecule has 2 saturated heterocycles. The normalized spacial score (nSPS) is 22.8. The summed E-state index contributed by atoms with van der Waals surface area (Å²) in [5.74, 6) is -17.3. The van der Waals surface area contributed by atoms with E-state index >= 15 is 0 Å². The Balaban J connectivity index is 1.82. The van der Waals surface area contributed by atoms with E-state index in [0.717, 1.165) is 13.0 Å². The van der Waals surface area contributed by atoms with Gasteiger partial charge in [0.15, 0.2) is 0 Å². The fourth-order valence-corrected chi connectivity index (χ4v) is 7.89. The summed E-state index contributed by atoms with van der Waals surface area (Å²) in [6, 6.07) is -1.91. The summed E-state index contributed by atoms with van der Waals surface area (Å²) in [6.07, 6.45) is 1.14. The standard InChI is InChI=1S/C37H55F5N4O7/c1-11-20(4)31(45(8)30(19(2)3)34(48)43-36(50)37(6)15-13-16-44(37)7)23(51-9)18-24(47)46-17-12-14-22(46)32(52-10)21(5)35(49)53-33-28(41)26(39)25(38)27(40)29(33)42/h19-23,30-32H,11-18H2,1-10H3,(H,43,48,50)/t20-,21+,22-,23+,30-,31-,32+,37+/m0/s1. The van der Waals surface area contributed by atoms with Crippen LogP contribution in [0.4, 0.5) is 22.0 Å². The lowest BCUT2D eigenvalue weighted by atomic mass is 9.87. The molecular formula is C37H55F5N4O7. The number of amides is 3. The predicted octanol–water partition coefficient (Wildman–Crippen LogP) is 4.83. The summed E-state index contributed by atoms with van der Waals surface area (Å²) < 4.78 is 85.9. The zero-order valence-corrected chi connectivity index (χ0v) is 32.4. The van der Waals surface area contributed by atoms with E-state index in [1.54, 1.807) is 7.05 Å². The number of nitrogens with zero attached hydrogens (tertiary/aromatic N) is 3. The first-order valence-electron chi connectivity index (χ1n) is 18.1. The molecule has 53 heavy (non-hydrogen) atoms. The molecule has 0 spiro atoms. The van der Waals surface area contributed by atoms with Crippen molar-refractivity contribution in [2.24, 2.45) is 17.8 Å². The van der Waals surface area contributed by atoms with Crippen LogP contribution in [0.3, 0.4) is 0 Å². The first-order valence-corrected chi connectivity index (χ1v) is 18.1. The first-order chi connectivity index (χ1) is 24.8. The van der Waals surface area contributed by atoms with Crippen LogP contribution in [-0.4, -0.2) is 116 Å². The number of hydrogen-bond acceptors (Lipinski definition) is 9. The Hall–Kier alpha value is -3.21. The highest BCUT2D eigenvalue weighted by Crippen LogP contribution is 2.34. The molecule has 300 valence electrons. The lowest BCUT2D eigenvalue weighted by molar-refractivity contribution is -0.150. The summed E-state index contributed by atoms with van der Waals surface area (Å²) in [6.45, 7) is 11.9. The van der Waals surface area contributed by atoms with Gasteiger partial charge >= 0.3 is 5.97 Å². The van der Waals surface area contributed by atoms with Crippen LogP contribution in [0, 0.1) is 46.8 Å². The molecule has 2 aliphatic heterocycles. The Morgan fingerprint density at radius 1 is 0.925 bits per heavy atom. The number of carbonyl (C=O) groups is 4. The molecule has 3 amide bonds. The molecule has 0 radical (unpaired) electrons. The Kier molecular flexibility index (Phi) is 15.4. The number of benzene rings is 1. The molecule has 0 unspecified atom stereocenters. The second-order valence-corrected chi connectivity index (χ2v) is 14.9. The van der Waals surface area contributed by atoms with Crippen LogP contribution in [0.25, 0.3) is 0 Å². The average Bonchev–Trinajstić information content (AvgIpc) is 3.74. The van der Waals surface area contributed by atoms with Crippen LogP contribution < -0.4 is 10.1 Å². The Morgan fingerprint density at radius 2 is 1.51 bits per heavy atom. The van der Waals surface area contributed by atoms with E-state index in [9.17, 15) is 41.1 Å². The van der Waals surface area contributed by atoms with Crippen LogP contribution in [0.1, 0.15) is 80.1 Å². The number of halogens is 5. The highest BCUT2D eigenvalue weighted by atomic mass is 19.2. The quantitative estimate of drug-likeness (QED) is 0.0832. The van der Waals surface area contributed by atoms with E-state index in [-0.39, 0.29) is 36.6 Å². The molecule has 11 nitrogen and oxygen atoms in total. The van der Waals surface area contributed by atoms with Gasteiger partial charge in [0.1, 0.15) is 0 Å². The van der Waals surface area contributed by atoms with Gasteiger partial charge in [-0.15, -0.1) is 0 Å². The number of hydrogen-bond donors (Lipinski definition) is 1. The second-order valence-electron chi connectivity index (χ2n) is 14.9. The SMILES string of the molecule is CC[C@H](C)[C@@H]([C@@H](CC(=O)N1CCC[C@H]1[C@H](OC)[C@@H](C)C(=O)Oc1c(F)c(F)c(F)c(F)c1F)OC)N(C)[C@H](C(=O)NC(=O)[C@@]1(C)CCCN1C)C(C)C. The minimum Gasteiger partial charge on any atom is -0.420 e. The molecule has 16 heteroatoms. The fraction of sp³-hybridized carbons (Fsp3) is 0.730. The molecule has 0 saturated carbocycles. The smallest absolute Gasteiger partial charge is 0.316 e. The molecular weight excluding hydrogens is 707 g/mol. The maximum Gasteiger partial charge on any atom is 0.316 e. The number of ether oxygens (including phenoxy) is 3. The summed E-state index contributed by atoms with van der Waals surface area (Å²) in [5.41, 5.74) is -0.808. The maximum atomic E-state index is 14.3. The van der Waals surface area contributed by atoms with Crippen LogP contribution in [-0.2, 0) is 28.7 Å². The molecule has 1 aromatic rings. The topological polar surface area (TPSA) is 118 Å². The Labute approximate surface area is 308 Å². The summed E-state index contributed by atoms with van der Waals surface area (Å²) in [4.78, 5) is 59.6. The number of methoxy groups -OCH3 is 2. The van der Waals surface area contributed by atoms with E-state index in [2.05, 4.69) is 5.32 Å². The fourth-order valence-electron chi connectivity index (χ4n) is 7.89. The van der Waals surface area contributed by atoms with Gasteiger partial charge in [-0.1, -0.05) is 34.1 Å². The summed E-state index contributed by atoms with van der Waals surface area (Å²) >= 11 is 0.